The van der Waals surface area contributed by atoms with Gasteiger partial charge in [-0.25, -0.2) is 0 Å². The molecule has 1 atom stereocenters. The van der Waals surface area contributed by atoms with E-state index in [1.807, 2.05) is 24.3 Å². The third-order valence-electron chi connectivity index (χ3n) is 4.97. The summed E-state index contributed by atoms with van der Waals surface area (Å²) in [6.45, 7) is 0.303. The molecule has 1 aromatic rings. The van der Waals surface area contributed by atoms with Crippen LogP contribution in [0.25, 0.3) is 0 Å². The number of hydrogen-bond donors (Lipinski definition) is 1. The van der Waals surface area contributed by atoms with Crippen LogP contribution in [0.15, 0.2) is 24.3 Å². The highest BCUT2D eigenvalue weighted by Gasteiger charge is 2.53. The number of nitrogens with zero attached hydrogens (tertiary/aromatic N) is 1. The van der Waals surface area contributed by atoms with Crippen molar-refractivity contribution in [2.45, 2.75) is 50.5 Å². The van der Waals surface area contributed by atoms with Crippen LogP contribution in [0.4, 0.5) is 0 Å². The first-order valence-corrected chi connectivity index (χ1v) is 7.54. The zero-order valence-corrected chi connectivity index (χ0v) is 11.8. The van der Waals surface area contributed by atoms with Crippen LogP contribution in [0.5, 0.6) is 5.75 Å². The van der Waals surface area contributed by atoms with Gasteiger partial charge in [0.25, 0.3) is 0 Å². The normalized spacial score (nSPS) is 28.6. The number of aliphatic hydroxyl groups is 1. The van der Waals surface area contributed by atoms with Crippen LogP contribution in [0.1, 0.15) is 44.1 Å². The van der Waals surface area contributed by atoms with Gasteiger partial charge in [0.05, 0.1) is 11.7 Å². The molecule has 0 amide bonds. The maximum Gasteiger partial charge on any atom is 0.124 e. The summed E-state index contributed by atoms with van der Waals surface area (Å²) < 4.78 is 5.81. The Morgan fingerprint density at radius 2 is 1.80 bits per heavy atom. The van der Waals surface area contributed by atoms with Crippen molar-refractivity contribution in [3.05, 3.63) is 29.8 Å². The molecule has 1 N–H and O–H groups in total. The summed E-state index contributed by atoms with van der Waals surface area (Å²) in [5.74, 6) is 0.857. The number of nitriles is 1. The van der Waals surface area contributed by atoms with E-state index in [-0.39, 0.29) is 0 Å². The second-order valence-electron chi connectivity index (χ2n) is 6.21. The topological polar surface area (TPSA) is 53.2 Å². The first-order valence-electron chi connectivity index (χ1n) is 7.54. The number of rotatable bonds is 1. The van der Waals surface area contributed by atoms with Crippen molar-refractivity contribution < 1.29 is 9.84 Å². The quantitative estimate of drug-likeness (QED) is 0.798. The molecule has 0 aromatic heterocycles. The fraction of sp³-hybridized carbons (Fsp3) is 0.588. The average Bonchev–Trinajstić information content (AvgIpc) is 2.72. The fourth-order valence-corrected chi connectivity index (χ4v) is 3.63. The predicted molar refractivity (Wildman–Crippen MR) is 76.3 cm³/mol. The largest absolute Gasteiger partial charge is 0.492 e. The molecule has 2 aliphatic rings. The van der Waals surface area contributed by atoms with Gasteiger partial charge in [0.1, 0.15) is 17.8 Å². The summed E-state index contributed by atoms with van der Waals surface area (Å²) in [4.78, 5) is 0. The van der Waals surface area contributed by atoms with E-state index in [2.05, 4.69) is 6.07 Å². The molecular formula is C17H21NO2. The lowest BCUT2D eigenvalue weighted by molar-refractivity contribution is -0.0904. The first kappa shape index (κ1) is 13.5. The highest BCUT2D eigenvalue weighted by atomic mass is 16.5. The third kappa shape index (κ3) is 2.09. The average molecular weight is 271 g/mol. The highest BCUT2D eigenvalue weighted by Crippen LogP contribution is 2.47. The van der Waals surface area contributed by atoms with Gasteiger partial charge in [0, 0.05) is 6.42 Å². The molecule has 0 saturated heterocycles. The van der Waals surface area contributed by atoms with Crippen LogP contribution < -0.4 is 4.74 Å². The number of ether oxygens (including phenoxy) is 1. The summed E-state index contributed by atoms with van der Waals surface area (Å²) in [6.07, 6.45) is 6.33. The highest BCUT2D eigenvalue weighted by molar-refractivity contribution is 5.38. The zero-order valence-electron chi connectivity index (χ0n) is 11.8. The van der Waals surface area contributed by atoms with E-state index in [9.17, 15) is 10.4 Å². The van der Waals surface area contributed by atoms with Crippen molar-refractivity contribution >= 4 is 0 Å². The molecule has 1 heterocycles. The summed E-state index contributed by atoms with van der Waals surface area (Å²) in [5, 5.41) is 20.9. The lowest BCUT2D eigenvalue weighted by Gasteiger charge is -2.44. The van der Waals surface area contributed by atoms with Gasteiger partial charge in [-0.2, -0.15) is 5.26 Å². The van der Waals surface area contributed by atoms with Gasteiger partial charge in [-0.15, -0.1) is 0 Å². The number of fused-ring (bicyclic) bond motifs is 1. The number of para-hydroxylation sites is 1. The second-order valence-corrected chi connectivity index (χ2v) is 6.21. The fourth-order valence-electron chi connectivity index (χ4n) is 3.63. The zero-order chi connectivity index (χ0) is 14.1. The van der Waals surface area contributed by atoms with Crippen LogP contribution in [0.2, 0.25) is 0 Å². The third-order valence-corrected chi connectivity index (χ3v) is 4.97. The van der Waals surface area contributed by atoms with Crippen LogP contribution in [-0.2, 0) is 6.42 Å². The molecular weight excluding hydrogens is 250 g/mol. The Balaban J connectivity index is 1.95. The van der Waals surface area contributed by atoms with Gasteiger partial charge in [-0.3, -0.25) is 0 Å². The summed E-state index contributed by atoms with van der Waals surface area (Å²) in [7, 11) is 0. The molecule has 1 unspecified atom stereocenters. The van der Waals surface area contributed by atoms with Crippen molar-refractivity contribution in [2.24, 2.45) is 5.41 Å². The van der Waals surface area contributed by atoms with Gasteiger partial charge in [0.2, 0.25) is 0 Å². The Hall–Kier alpha value is -1.53. The van der Waals surface area contributed by atoms with E-state index in [0.29, 0.717) is 25.9 Å². The van der Waals surface area contributed by atoms with Crippen molar-refractivity contribution in [2.75, 3.05) is 6.61 Å². The SMILES string of the molecule is N#CC1(C2(O)CCCCCC2)COc2ccccc2C1. The van der Waals surface area contributed by atoms with Crippen molar-refractivity contribution in [1.29, 1.82) is 5.26 Å². The lowest BCUT2D eigenvalue weighted by atomic mass is 9.65. The molecule has 1 aliphatic carbocycles. The van der Waals surface area contributed by atoms with Crippen molar-refractivity contribution in [3.8, 4) is 11.8 Å². The maximum absolute atomic E-state index is 11.1. The Morgan fingerprint density at radius 1 is 1.10 bits per heavy atom. The smallest absolute Gasteiger partial charge is 0.124 e. The van der Waals surface area contributed by atoms with E-state index >= 15 is 0 Å². The van der Waals surface area contributed by atoms with Gasteiger partial charge in [-0.1, -0.05) is 43.9 Å². The predicted octanol–water partition coefficient (Wildman–Crippen LogP) is 3.22. The minimum Gasteiger partial charge on any atom is -0.492 e. The molecule has 3 heteroatoms. The summed E-state index contributed by atoms with van der Waals surface area (Å²) in [6, 6.07) is 10.3. The van der Waals surface area contributed by atoms with E-state index in [1.54, 1.807) is 0 Å². The Kier molecular flexibility index (Phi) is 3.43. The summed E-state index contributed by atoms with van der Waals surface area (Å²) in [5.41, 5.74) is -0.671. The maximum atomic E-state index is 11.1. The minimum absolute atomic E-state index is 0.303. The minimum atomic E-state index is -0.911. The Bertz CT molecular complexity index is 526. The van der Waals surface area contributed by atoms with E-state index in [0.717, 1.165) is 37.0 Å². The molecule has 3 nitrogen and oxygen atoms in total. The number of hydrogen-bond acceptors (Lipinski definition) is 3. The molecule has 0 bridgehead atoms. The molecule has 1 fully saturated rings. The van der Waals surface area contributed by atoms with Crippen molar-refractivity contribution in [3.63, 3.8) is 0 Å². The molecule has 20 heavy (non-hydrogen) atoms. The molecule has 0 radical (unpaired) electrons. The van der Waals surface area contributed by atoms with E-state index < -0.39 is 11.0 Å². The van der Waals surface area contributed by atoms with Crippen LogP contribution >= 0.6 is 0 Å². The first-order chi connectivity index (χ1) is 9.69. The van der Waals surface area contributed by atoms with Gasteiger partial charge < -0.3 is 9.84 Å². The van der Waals surface area contributed by atoms with Crippen LogP contribution in [0.3, 0.4) is 0 Å². The van der Waals surface area contributed by atoms with Crippen molar-refractivity contribution in [1.82, 2.24) is 0 Å². The second kappa shape index (κ2) is 5.10. The van der Waals surface area contributed by atoms with Gasteiger partial charge >= 0.3 is 0 Å². The molecule has 1 saturated carbocycles. The van der Waals surface area contributed by atoms with Crippen LogP contribution in [-0.4, -0.2) is 17.3 Å². The Labute approximate surface area is 120 Å². The van der Waals surface area contributed by atoms with E-state index in [1.165, 1.54) is 0 Å². The van der Waals surface area contributed by atoms with Crippen LogP contribution in [0, 0.1) is 16.7 Å². The molecule has 1 aliphatic heterocycles. The molecule has 1 aromatic carbocycles. The Morgan fingerprint density at radius 3 is 2.50 bits per heavy atom. The monoisotopic (exact) mass is 271 g/mol. The van der Waals surface area contributed by atoms with E-state index in [4.69, 9.17) is 4.74 Å². The van der Waals surface area contributed by atoms with Gasteiger partial charge in [0.15, 0.2) is 0 Å². The summed E-state index contributed by atoms with van der Waals surface area (Å²) >= 11 is 0. The van der Waals surface area contributed by atoms with Gasteiger partial charge in [-0.05, 0) is 24.5 Å². The lowest BCUT2D eigenvalue weighted by Crippen LogP contribution is -2.53. The molecule has 3 rings (SSSR count). The number of benzene rings is 1. The standard InChI is InChI=1S/C17H21NO2/c18-12-16(17(19)9-5-1-2-6-10-17)11-14-7-3-4-8-15(14)20-13-16/h3-4,7-8,19H,1-2,5-6,9-11,13H2. The molecule has 0 spiro atoms. The molecule has 106 valence electrons.